The van der Waals surface area contributed by atoms with Gasteiger partial charge in [-0.2, -0.15) is 0 Å². The fraction of sp³-hybridized carbons (Fsp3) is 0.632. The summed E-state index contributed by atoms with van der Waals surface area (Å²) in [6.07, 6.45) is 7.64. The summed E-state index contributed by atoms with van der Waals surface area (Å²) in [5, 5.41) is 2.96. The van der Waals surface area contributed by atoms with Crippen LogP contribution in [0.25, 0.3) is 0 Å². The van der Waals surface area contributed by atoms with E-state index in [0.717, 1.165) is 43.4 Å². The maximum Gasteiger partial charge on any atom is 0.256 e. The van der Waals surface area contributed by atoms with Crippen LogP contribution in [0.1, 0.15) is 66.6 Å². The first-order valence-corrected chi connectivity index (χ1v) is 9.33. The van der Waals surface area contributed by atoms with Crippen LogP contribution in [0.2, 0.25) is 0 Å². The number of ether oxygens (including phenoxy) is 1. The van der Waals surface area contributed by atoms with E-state index < -0.39 is 0 Å². The number of nitrogens with one attached hydrogen (secondary N) is 1. The highest BCUT2D eigenvalue weighted by Crippen LogP contribution is 2.33. The summed E-state index contributed by atoms with van der Waals surface area (Å²) in [4.78, 5) is 31.4. The van der Waals surface area contributed by atoms with Crippen molar-refractivity contribution in [2.75, 3.05) is 7.11 Å². The molecule has 4 rings (SSSR count). The molecule has 1 aliphatic heterocycles. The molecule has 25 heavy (non-hydrogen) atoms. The summed E-state index contributed by atoms with van der Waals surface area (Å²) >= 11 is 0. The Morgan fingerprint density at radius 2 is 2.04 bits per heavy atom. The zero-order chi connectivity index (χ0) is 17.4. The Balaban J connectivity index is 1.51. The third-order valence-corrected chi connectivity index (χ3v) is 5.84. The SMILES string of the molecule is COc1nc2c(cc1CNC(=O)C1CCC1)C(=O)N(C1CCCC1)C2. The predicted octanol–water partition coefficient (Wildman–Crippen LogP) is 2.40. The fourth-order valence-corrected chi connectivity index (χ4v) is 4.08. The molecule has 6 heteroatoms. The van der Waals surface area contributed by atoms with Gasteiger partial charge in [0.25, 0.3) is 5.91 Å². The topological polar surface area (TPSA) is 71.5 Å². The summed E-state index contributed by atoms with van der Waals surface area (Å²) in [7, 11) is 1.58. The summed E-state index contributed by atoms with van der Waals surface area (Å²) in [5.41, 5.74) is 2.24. The molecule has 0 unspecified atom stereocenters. The average molecular weight is 343 g/mol. The Morgan fingerprint density at radius 1 is 1.28 bits per heavy atom. The molecule has 6 nitrogen and oxygen atoms in total. The van der Waals surface area contributed by atoms with Gasteiger partial charge in [0.15, 0.2) is 0 Å². The molecule has 1 aromatic heterocycles. The van der Waals surface area contributed by atoms with Crippen molar-refractivity contribution in [3.05, 3.63) is 22.9 Å². The van der Waals surface area contributed by atoms with E-state index >= 15 is 0 Å². The fourth-order valence-electron chi connectivity index (χ4n) is 4.08. The molecule has 1 N–H and O–H groups in total. The van der Waals surface area contributed by atoms with E-state index in [4.69, 9.17) is 4.74 Å². The maximum absolute atomic E-state index is 12.8. The number of carbonyl (C=O) groups excluding carboxylic acids is 2. The molecule has 2 saturated carbocycles. The molecule has 2 amide bonds. The van der Waals surface area contributed by atoms with E-state index in [2.05, 4.69) is 10.3 Å². The number of methoxy groups -OCH3 is 1. The van der Waals surface area contributed by atoms with Crippen LogP contribution < -0.4 is 10.1 Å². The van der Waals surface area contributed by atoms with Crippen molar-refractivity contribution in [2.24, 2.45) is 5.92 Å². The first kappa shape index (κ1) is 16.4. The van der Waals surface area contributed by atoms with Crippen LogP contribution in [0.5, 0.6) is 5.88 Å². The quantitative estimate of drug-likeness (QED) is 0.891. The van der Waals surface area contributed by atoms with Gasteiger partial charge in [0.2, 0.25) is 11.8 Å². The molecule has 2 aliphatic carbocycles. The highest BCUT2D eigenvalue weighted by atomic mass is 16.5. The van der Waals surface area contributed by atoms with E-state index in [9.17, 15) is 9.59 Å². The second-order valence-electron chi connectivity index (χ2n) is 7.37. The third kappa shape index (κ3) is 2.98. The van der Waals surface area contributed by atoms with Crippen LogP contribution in [0.3, 0.4) is 0 Å². The molecular weight excluding hydrogens is 318 g/mol. The minimum Gasteiger partial charge on any atom is -0.481 e. The van der Waals surface area contributed by atoms with Gasteiger partial charge in [-0.15, -0.1) is 0 Å². The van der Waals surface area contributed by atoms with E-state index in [1.54, 1.807) is 7.11 Å². The van der Waals surface area contributed by atoms with Gasteiger partial charge in [-0.3, -0.25) is 9.59 Å². The van der Waals surface area contributed by atoms with Crippen LogP contribution in [0.4, 0.5) is 0 Å². The van der Waals surface area contributed by atoms with Gasteiger partial charge in [-0.05, 0) is 31.7 Å². The van der Waals surface area contributed by atoms with Crippen molar-refractivity contribution in [2.45, 2.75) is 64.1 Å². The van der Waals surface area contributed by atoms with Crippen LogP contribution in [-0.2, 0) is 17.9 Å². The van der Waals surface area contributed by atoms with Crippen molar-refractivity contribution in [3.63, 3.8) is 0 Å². The molecule has 0 spiro atoms. The van der Waals surface area contributed by atoms with E-state index in [0.29, 0.717) is 30.6 Å². The largest absolute Gasteiger partial charge is 0.481 e. The summed E-state index contributed by atoms with van der Waals surface area (Å²) < 4.78 is 5.41. The number of nitrogens with zero attached hydrogens (tertiary/aromatic N) is 2. The van der Waals surface area contributed by atoms with Crippen molar-refractivity contribution >= 4 is 11.8 Å². The second kappa shape index (κ2) is 6.65. The van der Waals surface area contributed by atoms with Crippen LogP contribution in [0, 0.1) is 5.92 Å². The van der Waals surface area contributed by atoms with Crippen molar-refractivity contribution in [1.29, 1.82) is 0 Å². The Morgan fingerprint density at radius 3 is 2.68 bits per heavy atom. The standard InChI is InChI=1S/C19H25N3O3/c1-25-18-13(10-20-17(23)12-5-4-6-12)9-15-16(21-18)11-22(19(15)24)14-7-2-3-8-14/h9,12,14H,2-8,10-11H2,1H3,(H,20,23). The van der Waals surface area contributed by atoms with Crippen molar-refractivity contribution in [3.8, 4) is 5.88 Å². The van der Waals surface area contributed by atoms with Crippen LogP contribution in [-0.4, -0.2) is 34.8 Å². The number of pyridine rings is 1. The van der Waals surface area contributed by atoms with Crippen molar-refractivity contribution in [1.82, 2.24) is 15.2 Å². The summed E-state index contributed by atoms with van der Waals surface area (Å²) in [6, 6.07) is 2.20. The third-order valence-electron chi connectivity index (χ3n) is 5.84. The van der Waals surface area contributed by atoms with E-state index in [-0.39, 0.29) is 17.7 Å². The lowest BCUT2D eigenvalue weighted by atomic mass is 9.85. The number of fused-ring (bicyclic) bond motifs is 1. The lowest BCUT2D eigenvalue weighted by molar-refractivity contribution is -0.127. The van der Waals surface area contributed by atoms with Gasteiger partial charge in [-0.1, -0.05) is 19.3 Å². The molecule has 0 saturated heterocycles. The number of hydrogen-bond acceptors (Lipinski definition) is 4. The smallest absolute Gasteiger partial charge is 0.256 e. The first-order valence-electron chi connectivity index (χ1n) is 9.33. The lowest BCUT2D eigenvalue weighted by Gasteiger charge is -2.24. The molecule has 2 heterocycles. The Bertz CT molecular complexity index is 693. The van der Waals surface area contributed by atoms with E-state index in [1.807, 2.05) is 11.0 Å². The van der Waals surface area contributed by atoms with Gasteiger partial charge in [-0.25, -0.2) is 4.98 Å². The molecule has 0 radical (unpaired) electrons. The zero-order valence-electron chi connectivity index (χ0n) is 14.7. The molecule has 2 fully saturated rings. The Kier molecular flexibility index (Phi) is 4.36. The lowest BCUT2D eigenvalue weighted by Crippen LogP contribution is -2.34. The maximum atomic E-state index is 12.8. The molecule has 3 aliphatic rings. The average Bonchev–Trinajstić information content (AvgIpc) is 3.19. The number of amides is 2. The van der Waals surface area contributed by atoms with Crippen LogP contribution >= 0.6 is 0 Å². The van der Waals surface area contributed by atoms with Gasteiger partial charge in [0.1, 0.15) is 0 Å². The minimum absolute atomic E-state index is 0.0728. The first-order chi connectivity index (χ1) is 12.2. The normalized spacial score (nSPS) is 20.5. The number of carbonyl (C=O) groups is 2. The molecule has 134 valence electrons. The zero-order valence-corrected chi connectivity index (χ0v) is 14.7. The molecule has 1 aromatic rings. The summed E-state index contributed by atoms with van der Waals surface area (Å²) in [5.74, 6) is 0.818. The second-order valence-corrected chi connectivity index (χ2v) is 7.37. The van der Waals surface area contributed by atoms with Gasteiger partial charge in [0.05, 0.1) is 24.9 Å². The monoisotopic (exact) mass is 343 g/mol. The number of hydrogen-bond donors (Lipinski definition) is 1. The summed E-state index contributed by atoms with van der Waals surface area (Å²) in [6.45, 7) is 0.930. The number of rotatable bonds is 5. The highest BCUT2D eigenvalue weighted by molar-refractivity contribution is 5.98. The Hall–Kier alpha value is -2.11. The number of aromatic nitrogens is 1. The van der Waals surface area contributed by atoms with Crippen LogP contribution in [0.15, 0.2) is 6.07 Å². The molecule has 0 bridgehead atoms. The van der Waals surface area contributed by atoms with Gasteiger partial charge in [0, 0.05) is 24.1 Å². The van der Waals surface area contributed by atoms with E-state index in [1.165, 1.54) is 12.8 Å². The van der Waals surface area contributed by atoms with Crippen molar-refractivity contribution < 1.29 is 14.3 Å². The van der Waals surface area contributed by atoms with Gasteiger partial charge >= 0.3 is 0 Å². The molecule has 0 aromatic carbocycles. The molecule has 0 atom stereocenters. The molecular formula is C19H25N3O3. The minimum atomic E-state index is 0.0728. The van der Waals surface area contributed by atoms with Gasteiger partial charge < -0.3 is 15.0 Å². The Labute approximate surface area is 147 Å². The predicted molar refractivity (Wildman–Crippen MR) is 92.1 cm³/mol. The highest BCUT2D eigenvalue weighted by Gasteiger charge is 2.36.